The number of H-pyrrole nitrogens is 1. The normalized spacial score (nSPS) is 15.1. The number of halogens is 1. The number of nitrogens with zero attached hydrogens (tertiary/aromatic N) is 3. The van der Waals surface area contributed by atoms with E-state index in [1.165, 1.54) is 31.4 Å². The lowest BCUT2D eigenvalue weighted by atomic mass is 9.98. The van der Waals surface area contributed by atoms with Crippen LogP contribution < -0.4 is 20.7 Å². The number of rotatable bonds is 6. The summed E-state index contributed by atoms with van der Waals surface area (Å²) in [6.07, 6.45) is 0.296. The third-order valence-electron chi connectivity index (χ3n) is 5.72. The van der Waals surface area contributed by atoms with Crippen LogP contribution in [0.4, 0.5) is 0 Å². The second-order valence-corrected chi connectivity index (χ2v) is 8.18. The molecule has 35 heavy (non-hydrogen) atoms. The van der Waals surface area contributed by atoms with Gasteiger partial charge in [-0.15, -0.1) is 0 Å². The molecule has 2 aromatic carbocycles. The highest BCUT2D eigenvalue weighted by Crippen LogP contribution is 2.38. The molecule has 1 unspecified atom stereocenters. The van der Waals surface area contributed by atoms with Crippen molar-refractivity contribution in [2.45, 2.75) is 25.8 Å². The summed E-state index contributed by atoms with van der Waals surface area (Å²) in [5.41, 5.74) is -0.677. The molecule has 3 aromatic rings. The van der Waals surface area contributed by atoms with Crippen LogP contribution in [0.25, 0.3) is 5.69 Å². The smallest absolute Gasteiger partial charge is 0.335 e. The van der Waals surface area contributed by atoms with E-state index in [-0.39, 0.29) is 30.0 Å². The van der Waals surface area contributed by atoms with Gasteiger partial charge in [0.15, 0.2) is 11.5 Å². The highest BCUT2D eigenvalue weighted by atomic mass is 35.5. The molecule has 182 valence electrons. The Morgan fingerprint density at radius 2 is 1.83 bits per heavy atom. The van der Waals surface area contributed by atoms with Crippen LogP contribution in [0.2, 0.25) is 5.02 Å². The molecular weight excluding hydrogens is 476 g/mol. The van der Waals surface area contributed by atoms with Crippen molar-refractivity contribution in [3.8, 4) is 23.1 Å². The zero-order valence-electron chi connectivity index (χ0n) is 19.2. The van der Waals surface area contributed by atoms with E-state index in [2.05, 4.69) is 10.1 Å². The minimum atomic E-state index is -0.824. The minimum absolute atomic E-state index is 0.122. The summed E-state index contributed by atoms with van der Waals surface area (Å²) in [7, 11) is 3.02. The van der Waals surface area contributed by atoms with Crippen LogP contribution in [-0.2, 0) is 4.79 Å². The Hall–Kier alpha value is -4.05. The quantitative estimate of drug-likeness (QED) is 0.538. The number of ether oxygens (including phenoxy) is 2. The Labute approximate surface area is 205 Å². The number of benzene rings is 2. The highest BCUT2D eigenvalue weighted by molar-refractivity contribution is 6.30. The van der Waals surface area contributed by atoms with Gasteiger partial charge in [0.25, 0.3) is 5.56 Å². The average molecular weight is 499 g/mol. The molecule has 10 nitrogen and oxygen atoms in total. The molecular formula is C24H23ClN4O6. The van der Waals surface area contributed by atoms with Crippen LogP contribution in [0.3, 0.4) is 0 Å². The van der Waals surface area contributed by atoms with Crippen molar-refractivity contribution < 1.29 is 19.4 Å². The number of carbonyl (C=O) groups is 1. The number of aromatic nitrogens is 2. The second-order valence-electron chi connectivity index (χ2n) is 7.74. The number of aromatic hydroxyl groups is 1. The maximum atomic E-state index is 12.8. The van der Waals surface area contributed by atoms with Crippen molar-refractivity contribution in [2.75, 3.05) is 14.2 Å². The van der Waals surface area contributed by atoms with Gasteiger partial charge in [0, 0.05) is 17.9 Å². The van der Waals surface area contributed by atoms with E-state index in [4.69, 9.17) is 21.1 Å². The third kappa shape index (κ3) is 4.40. The van der Waals surface area contributed by atoms with Crippen molar-refractivity contribution in [3.63, 3.8) is 0 Å². The number of hydrogen-bond acceptors (Lipinski definition) is 7. The van der Waals surface area contributed by atoms with Crippen LogP contribution in [0.1, 0.15) is 36.9 Å². The summed E-state index contributed by atoms with van der Waals surface area (Å²) in [4.78, 5) is 40.3. The number of carbonyl (C=O) groups excluding carboxylic acids is 1. The summed E-state index contributed by atoms with van der Waals surface area (Å²) < 4.78 is 11.6. The Morgan fingerprint density at radius 1 is 1.14 bits per heavy atom. The molecule has 1 aliphatic rings. The molecule has 2 N–H and O–H groups in total. The lowest BCUT2D eigenvalue weighted by Crippen LogP contribution is -2.33. The summed E-state index contributed by atoms with van der Waals surface area (Å²) in [6, 6.07) is 10.8. The van der Waals surface area contributed by atoms with Crippen molar-refractivity contribution in [2.24, 2.45) is 5.10 Å². The summed E-state index contributed by atoms with van der Waals surface area (Å²) >= 11 is 5.93. The molecule has 0 spiro atoms. The van der Waals surface area contributed by atoms with Gasteiger partial charge >= 0.3 is 5.69 Å². The largest absolute Gasteiger partial charge is 0.493 e. The van der Waals surface area contributed by atoms with E-state index in [1.807, 2.05) is 0 Å². The van der Waals surface area contributed by atoms with Gasteiger partial charge in [0.05, 0.1) is 31.7 Å². The van der Waals surface area contributed by atoms with E-state index in [0.29, 0.717) is 27.8 Å². The first-order valence-corrected chi connectivity index (χ1v) is 11.1. The lowest BCUT2D eigenvalue weighted by Gasteiger charge is -2.22. The molecule has 1 aromatic heterocycles. The van der Waals surface area contributed by atoms with Crippen LogP contribution in [0.15, 0.2) is 57.2 Å². The zero-order chi connectivity index (χ0) is 25.3. The van der Waals surface area contributed by atoms with Crippen LogP contribution in [0.5, 0.6) is 17.4 Å². The van der Waals surface area contributed by atoms with Gasteiger partial charge in [0.2, 0.25) is 11.8 Å². The van der Waals surface area contributed by atoms with Gasteiger partial charge in [-0.2, -0.15) is 5.10 Å². The van der Waals surface area contributed by atoms with Gasteiger partial charge in [0.1, 0.15) is 5.56 Å². The Kier molecular flexibility index (Phi) is 6.65. The van der Waals surface area contributed by atoms with Crippen molar-refractivity contribution in [3.05, 3.63) is 79.5 Å². The topological polar surface area (TPSA) is 126 Å². The maximum absolute atomic E-state index is 12.8. The SMILES string of the molecule is CCC(=O)N1N=C(c2c(O)n(-c3ccc(Cl)cc3)c(=O)[nH]c2=O)CC1c1ccc(OC)c(OC)c1. The molecule has 2 heterocycles. The molecule has 0 radical (unpaired) electrons. The summed E-state index contributed by atoms with van der Waals surface area (Å²) in [6.45, 7) is 1.70. The molecule has 1 aliphatic heterocycles. The highest BCUT2D eigenvalue weighted by Gasteiger charge is 2.35. The van der Waals surface area contributed by atoms with Crippen molar-refractivity contribution >= 4 is 23.2 Å². The van der Waals surface area contributed by atoms with Gasteiger partial charge in [-0.3, -0.25) is 14.6 Å². The Morgan fingerprint density at radius 3 is 2.46 bits per heavy atom. The first-order chi connectivity index (χ1) is 16.8. The zero-order valence-corrected chi connectivity index (χ0v) is 20.0. The molecule has 4 rings (SSSR count). The van der Waals surface area contributed by atoms with Crippen LogP contribution in [-0.4, -0.2) is 45.5 Å². The van der Waals surface area contributed by atoms with Crippen molar-refractivity contribution in [1.29, 1.82) is 0 Å². The van der Waals surface area contributed by atoms with Gasteiger partial charge in [-0.05, 0) is 42.0 Å². The fraction of sp³-hybridized carbons (Fsp3) is 0.250. The third-order valence-corrected chi connectivity index (χ3v) is 5.97. The fourth-order valence-corrected chi connectivity index (χ4v) is 4.11. The summed E-state index contributed by atoms with van der Waals surface area (Å²) in [5.74, 6) is 0.130. The Balaban J connectivity index is 1.83. The Bertz CT molecular complexity index is 1430. The minimum Gasteiger partial charge on any atom is -0.493 e. The maximum Gasteiger partial charge on any atom is 0.335 e. The van der Waals surface area contributed by atoms with E-state index in [9.17, 15) is 19.5 Å². The van der Waals surface area contributed by atoms with Crippen LogP contribution >= 0.6 is 11.6 Å². The van der Waals surface area contributed by atoms with E-state index >= 15 is 0 Å². The monoisotopic (exact) mass is 498 g/mol. The van der Waals surface area contributed by atoms with Gasteiger partial charge in [-0.1, -0.05) is 24.6 Å². The number of amides is 1. The second kappa shape index (κ2) is 9.67. The van der Waals surface area contributed by atoms with E-state index in [0.717, 1.165) is 4.57 Å². The number of aromatic amines is 1. The molecule has 11 heteroatoms. The molecule has 1 atom stereocenters. The fourth-order valence-electron chi connectivity index (χ4n) is 3.99. The number of nitrogens with one attached hydrogen (secondary N) is 1. The summed E-state index contributed by atoms with van der Waals surface area (Å²) in [5, 5.41) is 17.1. The standard InChI is InChI=1S/C24H23ClN4O6/c1-4-20(30)29-17(13-5-10-18(34-2)19(11-13)35-3)12-16(27-29)21-22(31)26-24(33)28(23(21)32)15-8-6-14(25)7-9-15/h5-11,17,32H,4,12H2,1-3H3,(H,26,31,33). The van der Waals surface area contributed by atoms with Crippen LogP contribution in [0, 0.1) is 0 Å². The molecule has 0 fully saturated rings. The first-order valence-electron chi connectivity index (χ1n) is 10.7. The number of methoxy groups -OCH3 is 2. The molecule has 0 saturated heterocycles. The lowest BCUT2D eigenvalue weighted by molar-refractivity contribution is -0.132. The van der Waals surface area contributed by atoms with E-state index < -0.39 is 23.2 Å². The molecule has 0 bridgehead atoms. The number of hydrazone groups is 1. The van der Waals surface area contributed by atoms with E-state index in [1.54, 1.807) is 37.3 Å². The van der Waals surface area contributed by atoms with Crippen molar-refractivity contribution in [1.82, 2.24) is 14.6 Å². The molecule has 0 aliphatic carbocycles. The predicted octanol–water partition coefficient (Wildman–Crippen LogP) is 2.99. The first kappa shape index (κ1) is 24.1. The van der Waals surface area contributed by atoms with Gasteiger partial charge in [-0.25, -0.2) is 14.4 Å². The van der Waals surface area contributed by atoms with Gasteiger partial charge < -0.3 is 14.6 Å². The predicted molar refractivity (Wildman–Crippen MR) is 130 cm³/mol. The molecule has 0 saturated carbocycles. The average Bonchev–Trinajstić information content (AvgIpc) is 3.28. The number of hydrogen-bond donors (Lipinski definition) is 2. The molecule has 1 amide bonds.